The molecule has 0 saturated carbocycles. The van der Waals surface area contributed by atoms with Gasteiger partial charge in [-0.05, 0) is 0 Å². The van der Waals surface area contributed by atoms with E-state index in [1.54, 1.807) is 0 Å². The van der Waals surface area contributed by atoms with E-state index in [-0.39, 0.29) is 19.2 Å². The Kier molecular flexibility index (Phi) is 12.3. The molecule has 4 atom stereocenters. The lowest BCUT2D eigenvalue weighted by Crippen LogP contribution is -2.46. The van der Waals surface area contributed by atoms with Crippen LogP contribution in [0.2, 0.25) is 0 Å². The summed E-state index contributed by atoms with van der Waals surface area (Å²) in [5, 5.41) is 43.5. The summed E-state index contributed by atoms with van der Waals surface area (Å²) in [5.74, 6) is 0. The number of hydrogen-bond acceptors (Lipinski definition) is 6. The molecule has 0 aromatic rings. The molecule has 0 radical (unpaired) electrons. The molecule has 0 aliphatic heterocycles. The van der Waals surface area contributed by atoms with Crippen molar-refractivity contribution in [2.45, 2.75) is 31.8 Å². The maximum atomic E-state index is 9.90. The first-order valence-electron chi connectivity index (χ1n) is 3.33. The van der Waals surface area contributed by atoms with Crippen molar-refractivity contribution in [1.29, 1.82) is 0 Å². The van der Waals surface area contributed by atoms with Crippen LogP contribution in [-0.4, -0.2) is 68.3 Å². The van der Waals surface area contributed by atoms with E-state index >= 15 is 0 Å². The van der Waals surface area contributed by atoms with Crippen LogP contribution in [0, 0.1) is 0 Å². The molecule has 0 bridgehead atoms. The van der Waals surface area contributed by atoms with Gasteiger partial charge in [-0.2, -0.15) is 0 Å². The Hall–Kier alpha value is -0.570. The molecule has 7 nitrogen and oxygen atoms in total. The Morgan fingerprint density at radius 3 is 1.79 bits per heavy atom. The number of aliphatic hydroxyl groups is 5. The molecule has 0 spiro atoms. The average Bonchev–Trinajstić information content (AvgIpc) is 2.12. The molecule has 0 fully saturated rings. The van der Waals surface area contributed by atoms with E-state index in [0.29, 0.717) is 0 Å². The minimum atomic E-state index is -1.79. The fourth-order valence-corrected chi connectivity index (χ4v) is 0.618. The molecule has 0 heterocycles. The van der Waals surface area contributed by atoms with Crippen molar-refractivity contribution in [2.75, 3.05) is 6.61 Å². The molecule has 0 rings (SSSR count). The quantitative estimate of drug-likeness (QED) is 0.299. The zero-order chi connectivity index (χ0) is 9.72. The van der Waals surface area contributed by atoms with Gasteiger partial charge in [0.2, 0.25) is 0 Å². The normalized spacial score (nSPS) is 18.1. The van der Waals surface area contributed by atoms with Crippen LogP contribution in [0.3, 0.4) is 0 Å². The van der Waals surface area contributed by atoms with Crippen molar-refractivity contribution in [1.82, 2.24) is 0 Å². The number of aliphatic hydroxyl groups excluding tert-OH is 5. The second-order valence-electron chi connectivity index (χ2n) is 2.36. The summed E-state index contributed by atoms with van der Waals surface area (Å²) >= 11 is 0. The van der Waals surface area contributed by atoms with E-state index in [9.17, 15) is 4.79 Å². The van der Waals surface area contributed by atoms with E-state index in [1.165, 1.54) is 0 Å². The van der Waals surface area contributed by atoms with Crippen molar-refractivity contribution in [3.05, 3.63) is 0 Å². The molecule has 7 N–H and O–H groups in total. The molecular formula is C7H18O7. The minimum Gasteiger partial charge on any atom is -0.412 e. The van der Waals surface area contributed by atoms with Gasteiger partial charge in [-0.1, -0.05) is 7.43 Å². The second kappa shape index (κ2) is 9.00. The third-order valence-electron chi connectivity index (χ3n) is 1.42. The zero-order valence-electron chi connectivity index (χ0n) is 6.74. The fourth-order valence-electron chi connectivity index (χ4n) is 0.618. The van der Waals surface area contributed by atoms with Crippen molar-refractivity contribution in [3.63, 3.8) is 0 Å². The van der Waals surface area contributed by atoms with Gasteiger partial charge in [-0.25, -0.2) is 0 Å². The largest absolute Gasteiger partial charge is 0.412 e. The molecule has 0 aromatic carbocycles. The standard InChI is InChI=1S/C6H12O6.CH4.H2O/c7-1-3(9)5(11)6(12)4(10)2-8;;/h1,3-6,8-12H,2H2;1H4;1H2/t3-,4+,5+,6+;;/m0../s1. The van der Waals surface area contributed by atoms with Gasteiger partial charge in [0.1, 0.15) is 24.4 Å². The maximum Gasteiger partial charge on any atom is 0.151 e. The van der Waals surface area contributed by atoms with Gasteiger partial charge in [0.15, 0.2) is 6.29 Å². The lowest BCUT2D eigenvalue weighted by Gasteiger charge is -2.22. The molecule has 0 aromatic heterocycles. The van der Waals surface area contributed by atoms with Crippen LogP contribution in [-0.2, 0) is 4.79 Å². The second-order valence-corrected chi connectivity index (χ2v) is 2.36. The van der Waals surface area contributed by atoms with Crippen molar-refractivity contribution < 1.29 is 35.8 Å². The van der Waals surface area contributed by atoms with Crippen LogP contribution in [0.1, 0.15) is 7.43 Å². The molecule has 88 valence electrons. The average molecular weight is 214 g/mol. The van der Waals surface area contributed by atoms with Crippen LogP contribution in [0.5, 0.6) is 0 Å². The first-order chi connectivity index (χ1) is 5.54. The smallest absolute Gasteiger partial charge is 0.151 e. The predicted molar refractivity (Wildman–Crippen MR) is 47.5 cm³/mol. The molecule has 0 unspecified atom stereocenters. The molecule has 0 saturated heterocycles. The number of aldehydes is 1. The van der Waals surface area contributed by atoms with Gasteiger partial charge in [-0.3, -0.25) is 0 Å². The molecule has 7 heteroatoms. The van der Waals surface area contributed by atoms with E-state index in [4.69, 9.17) is 25.5 Å². The summed E-state index contributed by atoms with van der Waals surface area (Å²) in [6.45, 7) is -0.760. The summed E-state index contributed by atoms with van der Waals surface area (Å²) in [4.78, 5) is 9.90. The molecule has 0 aliphatic rings. The van der Waals surface area contributed by atoms with Crippen LogP contribution in [0.25, 0.3) is 0 Å². The molecule has 0 aliphatic carbocycles. The van der Waals surface area contributed by atoms with Gasteiger partial charge in [0, 0.05) is 0 Å². The number of hydrogen-bond donors (Lipinski definition) is 5. The van der Waals surface area contributed by atoms with Crippen molar-refractivity contribution >= 4 is 6.29 Å². The Morgan fingerprint density at radius 2 is 1.50 bits per heavy atom. The van der Waals surface area contributed by atoms with E-state index in [0.717, 1.165) is 0 Å². The van der Waals surface area contributed by atoms with Gasteiger partial charge in [-0.15, -0.1) is 0 Å². The van der Waals surface area contributed by atoms with Gasteiger partial charge in [0.25, 0.3) is 0 Å². The Labute approximate surface area is 81.5 Å². The number of carbonyl (C=O) groups excluding carboxylic acids is 1. The summed E-state index contributed by atoms with van der Waals surface area (Å²) in [5.41, 5.74) is 0. The third kappa shape index (κ3) is 5.22. The van der Waals surface area contributed by atoms with E-state index in [1.807, 2.05) is 0 Å². The summed E-state index contributed by atoms with van der Waals surface area (Å²) in [6, 6.07) is 0. The Morgan fingerprint density at radius 1 is 1.07 bits per heavy atom. The highest BCUT2D eigenvalue weighted by Crippen LogP contribution is 2.02. The number of carbonyl (C=O) groups is 1. The first-order valence-corrected chi connectivity index (χ1v) is 3.33. The van der Waals surface area contributed by atoms with Crippen molar-refractivity contribution in [3.8, 4) is 0 Å². The fraction of sp³-hybridized carbons (Fsp3) is 0.857. The van der Waals surface area contributed by atoms with E-state index in [2.05, 4.69) is 0 Å². The van der Waals surface area contributed by atoms with Gasteiger partial charge < -0.3 is 35.8 Å². The van der Waals surface area contributed by atoms with Crippen LogP contribution >= 0.6 is 0 Å². The monoisotopic (exact) mass is 214 g/mol. The third-order valence-corrected chi connectivity index (χ3v) is 1.42. The summed E-state index contributed by atoms with van der Waals surface area (Å²) in [7, 11) is 0. The topological polar surface area (TPSA) is 150 Å². The lowest BCUT2D eigenvalue weighted by molar-refractivity contribution is -0.136. The zero-order valence-corrected chi connectivity index (χ0v) is 6.74. The minimum absolute atomic E-state index is 0. The SMILES string of the molecule is C.O.O=C[C@H](O)[C@@H](O)[C@H](O)[C@H](O)CO. The van der Waals surface area contributed by atoms with Crippen LogP contribution < -0.4 is 0 Å². The highest BCUT2D eigenvalue weighted by Gasteiger charge is 2.29. The van der Waals surface area contributed by atoms with Gasteiger partial charge >= 0.3 is 0 Å². The highest BCUT2D eigenvalue weighted by atomic mass is 16.4. The van der Waals surface area contributed by atoms with Crippen molar-refractivity contribution in [2.24, 2.45) is 0 Å². The van der Waals surface area contributed by atoms with Crippen LogP contribution in [0.4, 0.5) is 0 Å². The molecular weight excluding hydrogens is 196 g/mol. The Balaban J connectivity index is -0.000000605. The predicted octanol–water partition coefficient (Wildman–Crippen LogP) is -3.57. The lowest BCUT2D eigenvalue weighted by atomic mass is 10.0. The number of rotatable bonds is 5. The summed E-state index contributed by atoms with van der Waals surface area (Å²) < 4.78 is 0. The van der Waals surface area contributed by atoms with E-state index < -0.39 is 31.0 Å². The molecule has 0 amide bonds. The first kappa shape index (κ1) is 19.1. The maximum absolute atomic E-state index is 9.90. The molecule has 14 heavy (non-hydrogen) atoms. The Bertz CT molecular complexity index is 140. The summed E-state index contributed by atoms with van der Waals surface area (Å²) in [6.07, 6.45) is -6.84. The highest BCUT2D eigenvalue weighted by molar-refractivity contribution is 5.56. The van der Waals surface area contributed by atoms with Gasteiger partial charge in [0.05, 0.1) is 6.61 Å². The van der Waals surface area contributed by atoms with Crippen LogP contribution in [0.15, 0.2) is 0 Å².